The first-order valence-corrected chi connectivity index (χ1v) is 2.91. The van der Waals surface area contributed by atoms with Crippen molar-refractivity contribution >= 4 is 5.82 Å². The third-order valence-corrected chi connectivity index (χ3v) is 1.26. The van der Waals surface area contributed by atoms with Gasteiger partial charge in [-0.25, -0.2) is 22.5 Å². The molecule has 0 spiro atoms. The zero-order valence-electron chi connectivity index (χ0n) is 5.69. The van der Waals surface area contributed by atoms with Crippen molar-refractivity contribution < 1.29 is 17.6 Å². The van der Waals surface area contributed by atoms with Crippen LogP contribution >= 0.6 is 0 Å². The molecule has 0 aliphatic heterocycles. The fourth-order valence-corrected chi connectivity index (χ4v) is 0.701. The first-order valence-electron chi connectivity index (χ1n) is 2.91. The van der Waals surface area contributed by atoms with Crippen molar-refractivity contribution in [3.05, 3.63) is 23.4 Å². The highest BCUT2D eigenvalue weighted by atomic mass is 19.3. The van der Waals surface area contributed by atoms with Crippen LogP contribution in [0.2, 0.25) is 0 Å². The quantitative estimate of drug-likeness (QED) is 0.670. The predicted molar refractivity (Wildman–Crippen MR) is 33.5 cm³/mol. The van der Waals surface area contributed by atoms with Gasteiger partial charge in [-0.3, -0.25) is 0 Å². The van der Waals surface area contributed by atoms with Crippen molar-refractivity contribution in [1.82, 2.24) is 4.98 Å². The lowest BCUT2D eigenvalue weighted by Crippen LogP contribution is -2.03. The highest BCUT2D eigenvalue weighted by molar-refractivity contribution is 5.40. The molecule has 0 aliphatic rings. The number of aromatic nitrogens is 1. The first-order chi connectivity index (χ1) is 5.54. The summed E-state index contributed by atoms with van der Waals surface area (Å²) in [6.07, 6.45) is -2.70. The molecule has 12 heavy (non-hydrogen) atoms. The number of rotatable bonds is 1. The number of halogens is 4. The standard InChI is InChI=1S/C6H4F4N2/c7-2-1-12-6(11)3(4(2)8)5(9)10/h1,5H,(H2,11,12). The van der Waals surface area contributed by atoms with Crippen molar-refractivity contribution in [1.29, 1.82) is 0 Å². The Bertz CT molecular complexity index is 300. The van der Waals surface area contributed by atoms with Crippen LogP contribution in [0.1, 0.15) is 12.0 Å². The Labute approximate surface area is 65.0 Å². The minimum absolute atomic E-state index is 0.455. The van der Waals surface area contributed by atoms with E-state index in [1.807, 2.05) is 0 Å². The van der Waals surface area contributed by atoms with Gasteiger partial charge in [0.05, 0.1) is 11.8 Å². The monoisotopic (exact) mass is 180 g/mol. The van der Waals surface area contributed by atoms with Crippen LogP contribution in [0.15, 0.2) is 6.20 Å². The molecule has 2 N–H and O–H groups in total. The summed E-state index contributed by atoms with van der Waals surface area (Å²) in [5.74, 6) is -3.76. The van der Waals surface area contributed by atoms with E-state index in [1.54, 1.807) is 0 Å². The van der Waals surface area contributed by atoms with Gasteiger partial charge in [-0.05, 0) is 0 Å². The van der Waals surface area contributed by atoms with Crippen LogP contribution in [-0.4, -0.2) is 4.98 Å². The van der Waals surface area contributed by atoms with Gasteiger partial charge in [-0.2, -0.15) is 0 Å². The van der Waals surface area contributed by atoms with Crippen LogP contribution in [0.5, 0.6) is 0 Å². The Balaban J connectivity index is 3.33. The molecule has 1 aromatic heterocycles. The van der Waals surface area contributed by atoms with Crippen molar-refractivity contribution in [2.45, 2.75) is 6.43 Å². The summed E-state index contributed by atoms with van der Waals surface area (Å²) in [6, 6.07) is 0. The van der Waals surface area contributed by atoms with Crippen molar-refractivity contribution in [2.75, 3.05) is 5.73 Å². The van der Waals surface area contributed by atoms with Gasteiger partial charge in [-0.1, -0.05) is 0 Å². The maximum atomic E-state index is 12.5. The molecule has 0 aromatic carbocycles. The Morgan fingerprint density at radius 3 is 2.33 bits per heavy atom. The zero-order chi connectivity index (χ0) is 9.30. The lowest BCUT2D eigenvalue weighted by Gasteiger charge is -2.04. The number of alkyl halides is 2. The average molecular weight is 180 g/mol. The Morgan fingerprint density at radius 2 is 1.92 bits per heavy atom. The highest BCUT2D eigenvalue weighted by Crippen LogP contribution is 2.27. The van der Waals surface area contributed by atoms with E-state index in [1.165, 1.54) is 0 Å². The molecular weight excluding hydrogens is 176 g/mol. The molecule has 0 unspecified atom stereocenters. The van der Waals surface area contributed by atoms with E-state index >= 15 is 0 Å². The maximum Gasteiger partial charge on any atom is 0.270 e. The van der Waals surface area contributed by atoms with Crippen LogP contribution in [0.25, 0.3) is 0 Å². The number of nitrogen functional groups attached to an aromatic ring is 1. The predicted octanol–water partition coefficient (Wildman–Crippen LogP) is 1.88. The molecule has 0 atom stereocenters. The van der Waals surface area contributed by atoms with Gasteiger partial charge in [0.1, 0.15) is 5.82 Å². The van der Waals surface area contributed by atoms with Crippen LogP contribution in [0.4, 0.5) is 23.4 Å². The van der Waals surface area contributed by atoms with E-state index in [0.29, 0.717) is 6.20 Å². The molecule has 0 bridgehead atoms. The van der Waals surface area contributed by atoms with Gasteiger partial charge >= 0.3 is 0 Å². The van der Waals surface area contributed by atoms with Crippen molar-refractivity contribution in [2.24, 2.45) is 0 Å². The number of hydrogen-bond acceptors (Lipinski definition) is 2. The molecule has 1 aromatic rings. The molecule has 0 amide bonds. The molecule has 0 radical (unpaired) electrons. The summed E-state index contributed by atoms with van der Waals surface area (Å²) in [4.78, 5) is 3.04. The lowest BCUT2D eigenvalue weighted by atomic mass is 10.2. The number of nitrogens with zero attached hydrogens (tertiary/aromatic N) is 1. The minimum Gasteiger partial charge on any atom is -0.383 e. The summed E-state index contributed by atoms with van der Waals surface area (Å²) in [7, 11) is 0. The third kappa shape index (κ3) is 1.32. The number of pyridine rings is 1. The largest absolute Gasteiger partial charge is 0.383 e. The fraction of sp³-hybridized carbons (Fsp3) is 0.167. The minimum atomic E-state index is -3.16. The van der Waals surface area contributed by atoms with E-state index in [2.05, 4.69) is 4.98 Å². The summed E-state index contributed by atoms with van der Waals surface area (Å²) >= 11 is 0. The first kappa shape index (κ1) is 8.76. The second-order valence-corrected chi connectivity index (χ2v) is 2.02. The van der Waals surface area contributed by atoms with E-state index in [4.69, 9.17) is 5.73 Å². The molecule has 0 saturated carbocycles. The fourth-order valence-electron chi connectivity index (χ4n) is 0.701. The van der Waals surface area contributed by atoms with Crippen LogP contribution in [0.3, 0.4) is 0 Å². The molecule has 6 heteroatoms. The van der Waals surface area contributed by atoms with Gasteiger partial charge in [-0.15, -0.1) is 0 Å². The molecule has 0 aliphatic carbocycles. The molecule has 1 heterocycles. The van der Waals surface area contributed by atoms with Crippen LogP contribution in [0, 0.1) is 11.6 Å². The highest BCUT2D eigenvalue weighted by Gasteiger charge is 2.21. The number of hydrogen-bond donors (Lipinski definition) is 1. The topological polar surface area (TPSA) is 38.9 Å². The van der Waals surface area contributed by atoms with Gasteiger partial charge in [0.25, 0.3) is 6.43 Å². The summed E-state index contributed by atoms with van der Waals surface area (Å²) in [5, 5.41) is 0. The van der Waals surface area contributed by atoms with Gasteiger partial charge < -0.3 is 5.73 Å². The third-order valence-electron chi connectivity index (χ3n) is 1.26. The molecule has 0 fully saturated rings. The van der Waals surface area contributed by atoms with Crippen molar-refractivity contribution in [3.63, 3.8) is 0 Å². The summed E-state index contributed by atoms with van der Waals surface area (Å²) in [5.41, 5.74) is 3.71. The smallest absolute Gasteiger partial charge is 0.270 e. The van der Waals surface area contributed by atoms with Gasteiger partial charge in [0.2, 0.25) is 0 Å². The maximum absolute atomic E-state index is 12.5. The Hall–Kier alpha value is -1.33. The van der Waals surface area contributed by atoms with Gasteiger partial charge in [0.15, 0.2) is 11.6 Å². The molecule has 0 saturated heterocycles. The normalized spacial score (nSPS) is 10.8. The van der Waals surface area contributed by atoms with Crippen LogP contribution < -0.4 is 5.73 Å². The second kappa shape index (κ2) is 2.96. The lowest BCUT2D eigenvalue weighted by molar-refractivity contribution is 0.145. The number of anilines is 1. The average Bonchev–Trinajstić information content (AvgIpc) is 1.97. The summed E-state index contributed by atoms with van der Waals surface area (Å²) < 4.78 is 48.7. The zero-order valence-corrected chi connectivity index (χ0v) is 5.69. The molecular formula is C6H4F4N2. The van der Waals surface area contributed by atoms with Crippen LogP contribution in [-0.2, 0) is 0 Å². The van der Waals surface area contributed by atoms with E-state index in [9.17, 15) is 17.6 Å². The Kier molecular flexibility index (Phi) is 2.16. The van der Waals surface area contributed by atoms with Crippen molar-refractivity contribution in [3.8, 4) is 0 Å². The summed E-state index contributed by atoms with van der Waals surface area (Å²) in [6.45, 7) is 0. The SMILES string of the molecule is Nc1ncc(F)c(F)c1C(F)F. The van der Waals surface area contributed by atoms with E-state index in [-0.39, 0.29) is 0 Å². The van der Waals surface area contributed by atoms with E-state index < -0.39 is 29.4 Å². The molecule has 66 valence electrons. The number of nitrogens with two attached hydrogens (primary N) is 1. The molecule has 2 nitrogen and oxygen atoms in total. The van der Waals surface area contributed by atoms with E-state index in [0.717, 1.165) is 0 Å². The second-order valence-electron chi connectivity index (χ2n) is 2.02. The van der Waals surface area contributed by atoms with Gasteiger partial charge in [0, 0.05) is 0 Å². The molecule has 1 rings (SSSR count). The Morgan fingerprint density at radius 1 is 1.33 bits per heavy atom.